The third-order valence-electron chi connectivity index (χ3n) is 4.05. The van der Waals surface area contributed by atoms with Gasteiger partial charge in [-0.3, -0.25) is 9.67 Å². The highest BCUT2D eigenvalue weighted by Crippen LogP contribution is 2.30. The zero-order chi connectivity index (χ0) is 15.8. The zero-order valence-corrected chi connectivity index (χ0v) is 13.6. The summed E-state index contributed by atoms with van der Waals surface area (Å²) in [7, 11) is 0. The third kappa shape index (κ3) is 3.15. The highest BCUT2D eigenvalue weighted by atomic mass is 35.5. The molecule has 0 unspecified atom stereocenters. The molecule has 0 bridgehead atoms. The largest absolute Gasteiger partial charge is 0.491 e. The first-order valence-corrected chi connectivity index (χ1v) is 8.13. The standard InChI is InChI=1S/C17H17ClN4O/c1-11-6-13(20-7-16(11)23-10-12-2-3-12)8-22-9-14-15(21-22)4-5-19-17(14)18/h4-7,9,12H,2-3,8,10H2,1H3. The van der Waals surface area contributed by atoms with Crippen molar-refractivity contribution in [1.82, 2.24) is 19.7 Å². The van der Waals surface area contributed by atoms with E-state index in [0.29, 0.717) is 11.7 Å². The van der Waals surface area contributed by atoms with Gasteiger partial charge in [-0.1, -0.05) is 11.6 Å². The molecular formula is C17H17ClN4O. The Hall–Kier alpha value is -2.14. The summed E-state index contributed by atoms with van der Waals surface area (Å²) in [4.78, 5) is 8.56. The fourth-order valence-corrected chi connectivity index (χ4v) is 2.74. The molecule has 5 nitrogen and oxygen atoms in total. The molecule has 3 heterocycles. The smallest absolute Gasteiger partial charge is 0.140 e. The normalized spacial score (nSPS) is 14.3. The maximum Gasteiger partial charge on any atom is 0.140 e. The Balaban J connectivity index is 1.52. The van der Waals surface area contributed by atoms with E-state index in [2.05, 4.69) is 21.1 Å². The van der Waals surface area contributed by atoms with Gasteiger partial charge < -0.3 is 4.74 Å². The Kier molecular flexibility index (Phi) is 3.65. The van der Waals surface area contributed by atoms with E-state index in [1.165, 1.54) is 12.8 Å². The molecule has 23 heavy (non-hydrogen) atoms. The lowest BCUT2D eigenvalue weighted by Crippen LogP contribution is -2.05. The van der Waals surface area contributed by atoms with Crippen LogP contribution in [-0.4, -0.2) is 26.4 Å². The number of nitrogens with zero attached hydrogens (tertiary/aromatic N) is 4. The molecule has 3 aromatic heterocycles. The minimum Gasteiger partial charge on any atom is -0.491 e. The van der Waals surface area contributed by atoms with Gasteiger partial charge in [-0.25, -0.2) is 4.98 Å². The Bertz CT molecular complexity index is 857. The van der Waals surface area contributed by atoms with Gasteiger partial charge in [-0.2, -0.15) is 5.10 Å². The summed E-state index contributed by atoms with van der Waals surface area (Å²) < 4.78 is 7.66. The van der Waals surface area contributed by atoms with Crippen LogP contribution in [0.25, 0.3) is 10.9 Å². The fraction of sp³-hybridized carbons (Fsp3) is 0.353. The molecule has 6 heteroatoms. The molecule has 0 saturated heterocycles. The SMILES string of the molecule is Cc1cc(Cn2cc3c(Cl)nccc3n2)ncc1OCC1CC1. The molecule has 1 aliphatic rings. The van der Waals surface area contributed by atoms with Gasteiger partial charge in [0, 0.05) is 12.4 Å². The van der Waals surface area contributed by atoms with Crippen LogP contribution >= 0.6 is 11.6 Å². The monoisotopic (exact) mass is 328 g/mol. The first-order chi connectivity index (χ1) is 11.2. The molecule has 0 atom stereocenters. The summed E-state index contributed by atoms with van der Waals surface area (Å²) >= 11 is 6.09. The first kappa shape index (κ1) is 14.5. The number of hydrogen-bond acceptors (Lipinski definition) is 4. The second-order valence-corrected chi connectivity index (χ2v) is 6.41. The van der Waals surface area contributed by atoms with Gasteiger partial charge in [0.15, 0.2) is 0 Å². The van der Waals surface area contributed by atoms with E-state index in [1.54, 1.807) is 6.20 Å². The number of fused-ring (bicyclic) bond motifs is 1. The molecule has 4 rings (SSSR count). The van der Waals surface area contributed by atoms with E-state index >= 15 is 0 Å². The molecule has 1 fully saturated rings. The summed E-state index contributed by atoms with van der Waals surface area (Å²) in [5.41, 5.74) is 2.89. The molecule has 1 aliphatic carbocycles. The van der Waals surface area contributed by atoms with Crippen molar-refractivity contribution in [3.63, 3.8) is 0 Å². The molecule has 3 aromatic rings. The molecule has 0 amide bonds. The number of halogens is 1. The topological polar surface area (TPSA) is 52.8 Å². The molecule has 0 spiro atoms. The van der Waals surface area contributed by atoms with Gasteiger partial charge in [0.05, 0.1) is 35.9 Å². The summed E-state index contributed by atoms with van der Waals surface area (Å²) in [6.07, 6.45) is 7.95. The van der Waals surface area contributed by atoms with Gasteiger partial charge in [0.25, 0.3) is 0 Å². The first-order valence-electron chi connectivity index (χ1n) is 7.75. The number of rotatable bonds is 5. The van der Waals surface area contributed by atoms with Crippen LogP contribution in [0.4, 0.5) is 0 Å². The Morgan fingerprint density at radius 3 is 2.96 bits per heavy atom. The minimum atomic E-state index is 0.474. The summed E-state index contributed by atoms with van der Waals surface area (Å²) in [5, 5.41) is 5.84. The van der Waals surface area contributed by atoms with Crippen LogP contribution < -0.4 is 4.74 Å². The highest BCUT2D eigenvalue weighted by molar-refractivity contribution is 6.34. The van der Waals surface area contributed by atoms with E-state index in [4.69, 9.17) is 16.3 Å². The van der Waals surface area contributed by atoms with E-state index < -0.39 is 0 Å². The maximum atomic E-state index is 6.09. The van der Waals surface area contributed by atoms with Gasteiger partial charge in [-0.15, -0.1) is 0 Å². The van der Waals surface area contributed by atoms with Crippen LogP contribution in [0.1, 0.15) is 24.1 Å². The van der Waals surface area contributed by atoms with Crippen LogP contribution in [-0.2, 0) is 6.54 Å². The minimum absolute atomic E-state index is 0.474. The predicted molar refractivity (Wildman–Crippen MR) is 88.8 cm³/mol. The van der Waals surface area contributed by atoms with Crippen molar-refractivity contribution in [2.75, 3.05) is 6.61 Å². The maximum absolute atomic E-state index is 6.09. The van der Waals surface area contributed by atoms with E-state index in [1.807, 2.05) is 30.1 Å². The molecule has 0 radical (unpaired) electrons. The van der Waals surface area contributed by atoms with Crippen LogP contribution in [0.5, 0.6) is 5.75 Å². The van der Waals surface area contributed by atoms with Crippen molar-refractivity contribution in [3.05, 3.63) is 47.1 Å². The number of ether oxygens (including phenoxy) is 1. The third-order valence-corrected chi connectivity index (χ3v) is 4.35. The average molecular weight is 329 g/mol. The van der Waals surface area contributed by atoms with Gasteiger partial charge >= 0.3 is 0 Å². The van der Waals surface area contributed by atoms with Crippen molar-refractivity contribution < 1.29 is 4.74 Å². The molecule has 0 aromatic carbocycles. The Morgan fingerprint density at radius 2 is 2.22 bits per heavy atom. The van der Waals surface area contributed by atoms with Crippen molar-refractivity contribution in [1.29, 1.82) is 0 Å². The van der Waals surface area contributed by atoms with E-state index in [9.17, 15) is 0 Å². The van der Waals surface area contributed by atoms with Gasteiger partial charge in [-0.05, 0) is 43.4 Å². The Morgan fingerprint density at radius 1 is 1.35 bits per heavy atom. The average Bonchev–Trinajstić information content (AvgIpc) is 3.26. The fourth-order valence-electron chi connectivity index (χ4n) is 2.54. The molecule has 0 aliphatic heterocycles. The Labute approximate surface area is 139 Å². The summed E-state index contributed by atoms with van der Waals surface area (Å²) in [6, 6.07) is 3.90. The molecule has 0 N–H and O–H groups in total. The summed E-state index contributed by atoms with van der Waals surface area (Å²) in [5.74, 6) is 1.61. The van der Waals surface area contributed by atoms with E-state index in [-0.39, 0.29) is 0 Å². The van der Waals surface area contributed by atoms with Crippen molar-refractivity contribution >= 4 is 22.5 Å². The number of aryl methyl sites for hydroxylation is 1. The number of aromatic nitrogens is 4. The lowest BCUT2D eigenvalue weighted by molar-refractivity contribution is 0.296. The zero-order valence-electron chi connectivity index (χ0n) is 12.9. The summed E-state index contributed by atoms with van der Waals surface area (Å²) in [6.45, 7) is 3.44. The van der Waals surface area contributed by atoms with Crippen LogP contribution in [0.15, 0.2) is 30.7 Å². The van der Waals surface area contributed by atoms with Crippen LogP contribution in [0, 0.1) is 12.8 Å². The van der Waals surface area contributed by atoms with Crippen molar-refractivity contribution in [3.8, 4) is 5.75 Å². The quantitative estimate of drug-likeness (QED) is 0.671. The van der Waals surface area contributed by atoms with Crippen LogP contribution in [0.3, 0.4) is 0 Å². The second kappa shape index (κ2) is 5.81. The van der Waals surface area contributed by atoms with Crippen LogP contribution in [0.2, 0.25) is 5.15 Å². The van der Waals surface area contributed by atoms with Crippen molar-refractivity contribution in [2.45, 2.75) is 26.3 Å². The van der Waals surface area contributed by atoms with Crippen molar-refractivity contribution in [2.24, 2.45) is 5.92 Å². The molecular weight excluding hydrogens is 312 g/mol. The van der Waals surface area contributed by atoms with Gasteiger partial charge in [0.1, 0.15) is 10.9 Å². The number of hydrogen-bond donors (Lipinski definition) is 0. The molecule has 1 saturated carbocycles. The van der Waals surface area contributed by atoms with Gasteiger partial charge in [0.2, 0.25) is 0 Å². The van der Waals surface area contributed by atoms with E-state index in [0.717, 1.165) is 40.4 Å². The lowest BCUT2D eigenvalue weighted by atomic mass is 10.2. The number of pyridine rings is 2. The highest BCUT2D eigenvalue weighted by Gasteiger charge is 2.22. The molecule has 118 valence electrons. The predicted octanol–water partition coefficient (Wildman–Crippen LogP) is 3.63. The lowest BCUT2D eigenvalue weighted by Gasteiger charge is -2.09. The second-order valence-electron chi connectivity index (χ2n) is 6.06.